The monoisotopic (exact) mass is 325 g/mol. The van der Waals surface area contributed by atoms with E-state index >= 15 is 0 Å². The minimum Gasteiger partial charge on any atom is -0.489 e. The second-order valence-electron chi connectivity index (χ2n) is 4.16. The van der Waals surface area contributed by atoms with Crippen LogP contribution in [0.1, 0.15) is 11.1 Å². The zero-order valence-corrected chi connectivity index (χ0v) is 12.2. The Morgan fingerprint density at radius 3 is 2.43 bits per heavy atom. The topological polar surface area (TPSA) is 67.2 Å². The Bertz CT molecular complexity index is 798. The molecule has 0 fully saturated rings. The summed E-state index contributed by atoms with van der Waals surface area (Å²) in [7, 11) is 1.42. The molecule has 0 aromatic heterocycles. The van der Waals surface area contributed by atoms with Gasteiger partial charge in [0, 0.05) is 10.7 Å². The summed E-state index contributed by atoms with van der Waals surface area (Å²) in [6.45, 7) is 0.0550. The molecule has 21 heavy (non-hydrogen) atoms. The van der Waals surface area contributed by atoms with E-state index in [9.17, 15) is 12.8 Å². The number of benzene rings is 2. The van der Waals surface area contributed by atoms with E-state index in [-0.39, 0.29) is 17.1 Å². The molecule has 0 radical (unpaired) electrons. The van der Waals surface area contributed by atoms with Crippen molar-refractivity contribution in [2.75, 3.05) is 0 Å². The molecule has 0 aliphatic heterocycles. The number of rotatable bonds is 4. The first-order valence-electron chi connectivity index (χ1n) is 5.75. The Labute approximate surface area is 125 Å². The molecule has 2 aromatic carbocycles. The molecule has 0 saturated heterocycles. The van der Waals surface area contributed by atoms with Crippen LogP contribution in [-0.4, -0.2) is 8.42 Å². The molecule has 0 atom stereocenters. The quantitative estimate of drug-likeness (QED) is 0.810. The Kier molecular flexibility index (Phi) is 4.46. The molecule has 7 heteroatoms. The van der Waals surface area contributed by atoms with E-state index in [0.717, 1.165) is 6.07 Å². The van der Waals surface area contributed by atoms with E-state index in [2.05, 4.69) is 0 Å². The van der Waals surface area contributed by atoms with Gasteiger partial charge in [0.2, 0.25) is 0 Å². The van der Waals surface area contributed by atoms with Gasteiger partial charge in [-0.05, 0) is 48.0 Å². The highest BCUT2D eigenvalue weighted by molar-refractivity contribution is 8.13. The lowest BCUT2D eigenvalue weighted by Gasteiger charge is -2.07. The molecule has 2 aromatic rings. The van der Waals surface area contributed by atoms with Gasteiger partial charge in [0.05, 0.1) is 16.5 Å². The summed E-state index contributed by atoms with van der Waals surface area (Å²) in [5, 5.41) is 8.75. The Hall–Kier alpha value is -2.10. The van der Waals surface area contributed by atoms with Crippen LogP contribution in [0.4, 0.5) is 4.39 Å². The third-order valence-electron chi connectivity index (χ3n) is 2.60. The maximum absolute atomic E-state index is 13.2. The lowest BCUT2D eigenvalue weighted by molar-refractivity contribution is 0.305. The highest BCUT2D eigenvalue weighted by Crippen LogP contribution is 2.20. The summed E-state index contributed by atoms with van der Waals surface area (Å²) >= 11 is 0. The van der Waals surface area contributed by atoms with Crippen molar-refractivity contribution >= 4 is 19.7 Å². The minimum absolute atomic E-state index is 0.0333. The van der Waals surface area contributed by atoms with E-state index in [4.69, 9.17) is 20.7 Å². The Morgan fingerprint density at radius 1 is 1.19 bits per heavy atom. The van der Waals surface area contributed by atoms with Gasteiger partial charge in [-0.3, -0.25) is 0 Å². The first kappa shape index (κ1) is 15.3. The summed E-state index contributed by atoms with van der Waals surface area (Å²) < 4.78 is 40.8. The van der Waals surface area contributed by atoms with Crippen LogP contribution in [-0.2, 0) is 15.7 Å². The number of hydrogen-bond acceptors (Lipinski definition) is 4. The second kappa shape index (κ2) is 6.12. The van der Waals surface area contributed by atoms with Gasteiger partial charge in [0.15, 0.2) is 0 Å². The van der Waals surface area contributed by atoms with Crippen molar-refractivity contribution in [1.29, 1.82) is 5.26 Å². The molecule has 0 saturated carbocycles. The van der Waals surface area contributed by atoms with Crippen molar-refractivity contribution in [3.05, 3.63) is 59.4 Å². The first-order valence-corrected chi connectivity index (χ1v) is 8.06. The largest absolute Gasteiger partial charge is 0.489 e. The maximum atomic E-state index is 13.2. The summed E-state index contributed by atoms with van der Waals surface area (Å²) in [6.07, 6.45) is 0. The molecule has 2 rings (SSSR count). The molecule has 0 heterocycles. The third-order valence-corrected chi connectivity index (χ3v) is 3.97. The Balaban J connectivity index is 2.10. The number of ether oxygens (including phenoxy) is 1. The van der Waals surface area contributed by atoms with E-state index in [1.54, 1.807) is 0 Å². The summed E-state index contributed by atoms with van der Waals surface area (Å²) in [5.41, 5.74) is 0.706. The SMILES string of the molecule is N#Cc1cc(F)cc(COc2ccc(S(=O)(=O)Cl)cc2)c1. The minimum atomic E-state index is -3.77. The number of nitriles is 1. The predicted octanol–water partition coefficient (Wildman–Crippen LogP) is 3.20. The van der Waals surface area contributed by atoms with E-state index in [1.807, 2.05) is 6.07 Å². The standard InChI is InChI=1S/C14H9ClFNO3S/c15-21(18,19)14-3-1-13(2-4-14)20-9-11-5-10(8-17)6-12(16)7-11/h1-7H,9H2. The van der Waals surface area contributed by atoms with Gasteiger partial charge in [-0.15, -0.1) is 0 Å². The fraction of sp³-hybridized carbons (Fsp3) is 0.0714. The van der Waals surface area contributed by atoms with Crippen molar-refractivity contribution in [3.8, 4) is 11.8 Å². The first-order chi connectivity index (χ1) is 9.88. The van der Waals surface area contributed by atoms with Crippen LogP contribution in [0.25, 0.3) is 0 Å². The van der Waals surface area contributed by atoms with Crippen molar-refractivity contribution in [2.24, 2.45) is 0 Å². The molecule has 108 valence electrons. The molecular weight excluding hydrogens is 317 g/mol. The lowest BCUT2D eigenvalue weighted by Crippen LogP contribution is -1.97. The van der Waals surface area contributed by atoms with Crippen molar-refractivity contribution in [1.82, 2.24) is 0 Å². The molecule has 0 aliphatic rings. The molecule has 0 N–H and O–H groups in total. The fourth-order valence-corrected chi connectivity index (χ4v) is 2.43. The molecule has 0 spiro atoms. The van der Waals surface area contributed by atoms with Gasteiger partial charge in [-0.2, -0.15) is 5.26 Å². The van der Waals surface area contributed by atoms with Gasteiger partial charge < -0.3 is 4.74 Å². The average Bonchev–Trinajstić information content (AvgIpc) is 2.44. The molecule has 4 nitrogen and oxygen atoms in total. The molecular formula is C14H9ClFNO3S. The van der Waals surface area contributed by atoms with Gasteiger partial charge in [-0.25, -0.2) is 12.8 Å². The van der Waals surface area contributed by atoms with Crippen LogP contribution in [0.3, 0.4) is 0 Å². The Morgan fingerprint density at radius 2 is 1.86 bits per heavy atom. The van der Waals surface area contributed by atoms with Gasteiger partial charge >= 0.3 is 0 Å². The molecule has 0 amide bonds. The second-order valence-corrected chi connectivity index (χ2v) is 6.72. The van der Waals surface area contributed by atoms with Crippen LogP contribution in [0.15, 0.2) is 47.4 Å². The summed E-state index contributed by atoms with van der Waals surface area (Å²) in [4.78, 5) is -0.0333. The number of hydrogen-bond donors (Lipinski definition) is 0. The van der Waals surface area contributed by atoms with E-state index < -0.39 is 14.9 Å². The number of nitrogens with zero attached hydrogens (tertiary/aromatic N) is 1. The van der Waals surface area contributed by atoms with Gasteiger partial charge in [-0.1, -0.05) is 0 Å². The van der Waals surface area contributed by atoms with Gasteiger partial charge in [0.25, 0.3) is 9.05 Å². The summed E-state index contributed by atoms with van der Waals surface area (Å²) in [6, 6.07) is 11.3. The molecule has 0 aliphatic carbocycles. The number of halogens is 2. The third kappa shape index (κ3) is 4.18. The van der Waals surface area contributed by atoms with Crippen molar-refractivity contribution in [3.63, 3.8) is 0 Å². The fourth-order valence-electron chi connectivity index (χ4n) is 1.66. The van der Waals surface area contributed by atoms with Gasteiger partial charge in [0.1, 0.15) is 18.2 Å². The van der Waals surface area contributed by atoms with E-state index in [1.165, 1.54) is 36.4 Å². The maximum Gasteiger partial charge on any atom is 0.261 e. The van der Waals surface area contributed by atoms with Crippen LogP contribution >= 0.6 is 10.7 Å². The molecule has 0 bridgehead atoms. The predicted molar refractivity (Wildman–Crippen MR) is 74.9 cm³/mol. The zero-order valence-electron chi connectivity index (χ0n) is 10.6. The highest BCUT2D eigenvalue weighted by atomic mass is 35.7. The van der Waals surface area contributed by atoms with Crippen LogP contribution in [0.5, 0.6) is 5.75 Å². The highest BCUT2D eigenvalue weighted by Gasteiger charge is 2.09. The van der Waals surface area contributed by atoms with Crippen LogP contribution < -0.4 is 4.74 Å². The lowest BCUT2D eigenvalue weighted by atomic mass is 10.1. The van der Waals surface area contributed by atoms with Crippen LogP contribution in [0, 0.1) is 17.1 Å². The smallest absolute Gasteiger partial charge is 0.261 e. The van der Waals surface area contributed by atoms with Crippen molar-refractivity contribution < 1.29 is 17.5 Å². The van der Waals surface area contributed by atoms with Crippen LogP contribution in [0.2, 0.25) is 0 Å². The zero-order chi connectivity index (χ0) is 15.5. The summed E-state index contributed by atoms with van der Waals surface area (Å²) in [5.74, 6) is -0.113. The van der Waals surface area contributed by atoms with Crippen molar-refractivity contribution in [2.45, 2.75) is 11.5 Å². The van der Waals surface area contributed by atoms with E-state index in [0.29, 0.717) is 11.3 Å². The average molecular weight is 326 g/mol. The normalized spacial score (nSPS) is 10.9. The molecule has 0 unspecified atom stereocenters.